The average molecular weight is 236 g/mol. The van der Waals surface area contributed by atoms with Crippen LogP contribution < -0.4 is 0 Å². The zero-order chi connectivity index (χ0) is 11.5. The standard InChI is InChI=1S/C12H10ClNO2/c13-8-3-4-11-10(6-8)9(2-1-5-15)12(7-16)14-11/h3-7,14H,1-2H2. The molecule has 16 heavy (non-hydrogen) atoms. The molecule has 2 aromatic rings. The van der Waals surface area contributed by atoms with Crippen LogP contribution in [0.3, 0.4) is 0 Å². The number of fused-ring (bicyclic) bond motifs is 1. The molecule has 0 radical (unpaired) electrons. The van der Waals surface area contributed by atoms with Crippen molar-refractivity contribution in [2.45, 2.75) is 12.8 Å². The molecule has 0 fully saturated rings. The van der Waals surface area contributed by atoms with Crippen molar-refractivity contribution in [2.24, 2.45) is 0 Å². The predicted molar refractivity (Wildman–Crippen MR) is 63.1 cm³/mol. The SMILES string of the molecule is O=CCCc1c(C=O)[nH]c2ccc(Cl)cc12. The molecule has 0 unspecified atom stereocenters. The highest BCUT2D eigenvalue weighted by atomic mass is 35.5. The number of nitrogens with one attached hydrogen (secondary N) is 1. The fraction of sp³-hybridized carbons (Fsp3) is 0.167. The van der Waals surface area contributed by atoms with Gasteiger partial charge in [0.15, 0.2) is 6.29 Å². The topological polar surface area (TPSA) is 49.9 Å². The molecule has 0 saturated carbocycles. The van der Waals surface area contributed by atoms with E-state index >= 15 is 0 Å². The zero-order valence-corrected chi connectivity index (χ0v) is 9.25. The maximum Gasteiger partial charge on any atom is 0.166 e. The average Bonchev–Trinajstić information content (AvgIpc) is 2.63. The molecule has 0 bridgehead atoms. The number of aryl methyl sites for hydroxylation is 1. The fourth-order valence-electron chi connectivity index (χ4n) is 1.81. The Kier molecular flexibility index (Phi) is 3.06. The van der Waals surface area contributed by atoms with Gasteiger partial charge in [0.25, 0.3) is 0 Å². The van der Waals surface area contributed by atoms with Crippen LogP contribution >= 0.6 is 11.6 Å². The molecule has 0 atom stereocenters. The van der Waals surface area contributed by atoms with Crippen molar-refractivity contribution in [1.29, 1.82) is 0 Å². The molecule has 1 heterocycles. The Bertz CT molecular complexity index is 545. The molecule has 82 valence electrons. The van der Waals surface area contributed by atoms with Crippen LogP contribution in [0.1, 0.15) is 22.5 Å². The number of aromatic amines is 1. The minimum absolute atomic E-state index is 0.403. The molecule has 0 saturated heterocycles. The molecule has 1 aromatic heterocycles. The first-order valence-electron chi connectivity index (χ1n) is 4.95. The van der Waals surface area contributed by atoms with Crippen LogP contribution in [0.25, 0.3) is 10.9 Å². The van der Waals surface area contributed by atoms with Gasteiger partial charge in [0, 0.05) is 22.3 Å². The van der Waals surface area contributed by atoms with E-state index in [-0.39, 0.29) is 0 Å². The van der Waals surface area contributed by atoms with Crippen LogP contribution in [-0.4, -0.2) is 17.6 Å². The number of aldehydes is 2. The first-order valence-corrected chi connectivity index (χ1v) is 5.33. The lowest BCUT2D eigenvalue weighted by atomic mass is 10.1. The van der Waals surface area contributed by atoms with Crippen LogP contribution in [0.15, 0.2) is 18.2 Å². The maximum atomic E-state index is 10.9. The third-order valence-corrected chi connectivity index (χ3v) is 2.77. The van der Waals surface area contributed by atoms with Crippen LogP contribution in [0.4, 0.5) is 0 Å². The van der Waals surface area contributed by atoms with Crippen LogP contribution in [-0.2, 0) is 11.2 Å². The van der Waals surface area contributed by atoms with Gasteiger partial charge in [-0.1, -0.05) is 11.6 Å². The van der Waals surface area contributed by atoms with E-state index in [1.807, 2.05) is 6.07 Å². The van der Waals surface area contributed by atoms with E-state index in [9.17, 15) is 9.59 Å². The molecule has 0 aliphatic carbocycles. The first-order chi connectivity index (χ1) is 7.76. The van der Waals surface area contributed by atoms with Crippen molar-refractivity contribution in [3.05, 3.63) is 34.5 Å². The number of hydrogen-bond acceptors (Lipinski definition) is 2. The third kappa shape index (κ3) is 1.86. The van der Waals surface area contributed by atoms with E-state index in [0.717, 1.165) is 29.0 Å². The molecule has 3 nitrogen and oxygen atoms in total. The summed E-state index contributed by atoms with van der Waals surface area (Å²) in [4.78, 5) is 24.3. The summed E-state index contributed by atoms with van der Waals surface area (Å²) in [5, 5.41) is 1.53. The van der Waals surface area contributed by atoms with E-state index in [1.165, 1.54) is 0 Å². The van der Waals surface area contributed by atoms with Crippen LogP contribution in [0.2, 0.25) is 5.02 Å². The van der Waals surface area contributed by atoms with Gasteiger partial charge in [0.1, 0.15) is 6.29 Å². The molecule has 1 N–H and O–H groups in total. The molecule has 0 aliphatic heterocycles. The number of carbonyl (C=O) groups excluding carboxylic acids is 2. The largest absolute Gasteiger partial charge is 0.352 e. The van der Waals surface area contributed by atoms with Crippen LogP contribution in [0.5, 0.6) is 0 Å². The van der Waals surface area contributed by atoms with Gasteiger partial charge in [0.05, 0.1) is 5.69 Å². The maximum absolute atomic E-state index is 10.9. The quantitative estimate of drug-likeness (QED) is 0.829. The Morgan fingerprint density at radius 1 is 1.31 bits per heavy atom. The van der Waals surface area contributed by atoms with Gasteiger partial charge in [-0.25, -0.2) is 0 Å². The molecule has 2 rings (SSSR count). The molecule has 0 spiro atoms. The van der Waals surface area contributed by atoms with Gasteiger partial charge in [-0.2, -0.15) is 0 Å². The molecule has 4 heteroatoms. The van der Waals surface area contributed by atoms with Crippen molar-refractivity contribution < 1.29 is 9.59 Å². The lowest BCUT2D eigenvalue weighted by Gasteiger charge is -1.97. The summed E-state index contributed by atoms with van der Waals surface area (Å²) < 4.78 is 0. The first kappa shape index (κ1) is 10.9. The number of halogens is 1. The van der Waals surface area contributed by atoms with Crippen molar-refractivity contribution in [2.75, 3.05) is 0 Å². The number of aromatic nitrogens is 1. The normalized spacial score (nSPS) is 10.6. The second-order valence-corrected chi connectivity index (χ2v) is 3.97. The van der Waals surface area contributed by atoms with Crippen molar-refractivity contribution in [1.82, 2.24) is 4.98 Å². The summed E-state index contributed by atoms with van der Waals surface area (Å²) in [5.41, 5.74) is 2.26. The number of hydrogen-bond donors (Lipinski definition) is 1. The van der Waals surface area contributed by atoms with Crippen molar-refractivity contribution >= 4 is 35.1 Å². The highest BCUT2D eigenvalue weighted by molar-refractivity contribution is 6.31. The number of rotatable bonds is 4. The Labute approximate surface area is 97.4 Å². The summed E-state index contributed by atoms with van der Waals surface area (Å²) in [6.07, 6.45) is 2.57. The van der Waals surface area contributed by atoms with Gasteiger partial charge in [0.2, 0.25) is 0 Å². The van der Waals surface area contributed by atoms with E-state index < -0.39 is 0 Å². The zero-order valence-electron chi connectivity index (χ0n) is 8.50. The Morgan fingerprint density at radius 2 is 2.12 bits per heavy atom. The van der Waals surface area contributed by atoms with Gasteiger partial charge in [-0.15, -0.1) is 0 Å². The molecular formula is C12H10ClNO2. The molecule has 1 aromatic carbocycles. The minimum Gasteiger partial charge on any atom is -0.352 e. The van der Waals surface area contributed by atoms with Crippen molar-refractivity contribution in [3.63, 3.8) is 0 Å². The lowest BCUT2D eigenvalue weighted by Crippen LogP contribution is -1.90. The smallest absolute Gasteiger partial charge is 0.166 e. The number of carbonyl (C=O) groups is 2. The van der Waals surface area contributed by atoms with E-state index in [0.29, 0.717) is 23.6 Å². The van der Waals surface area contributed by atoms with Gasteiger partial charge in [-0.05, 0) is 30.2 Å². The Morgan fingerprint density at radius 3 is 2.81 bits per heavy atom. The second-order valence-electron chi connectivity index (χ2n) is 3.53. The minimum atomic E-state index is 0.403. The molecule has 0 aliphatic rings. The van der Waals surface area contributed by atoms with E-state index in [4.69, 9.17) is 11.6 Å². The van der Waals surface area contributed by atoms with Crippen LogP contribution in [0, 0.1) is 0 Å². The lowest BCUT2D eigenvalue weighted by molar-refractivity contribution is -0.107. The Hall–Kier alpha value is -1.61. The summed E-state index contributed by atoms with van der Waals surface area (Å²) in [6.45, 7) is 0. The monoisotopic (exact) mass is 235 g/mol. The molecule has 0 amide bonds. The summed E-state index contributed by atoms with van der Waals surface area (Å²) in [5.74, 6) is 0. The Balaban J connectivity index is 2.60. The summed E-state index contributed by atoms with van der Waals surface area (Å²) in [7, 11) is 0. The second kappa shape index (κ2) is 4.49. The highest BCUT2D eigenvalue weighted by Crippen LogP contribution is 2.25. The summed E-state index contributed by atoms with van der Waals surface area (Å²) >= 11 is 5.91. The summed E-state index contributed by atoms with van der Waals surface area (Å²) in [6, 6.07) is 5.40. The number of H-pyrrole nitrogens is 1. The van der Waals surface area contributed by atoms with Crippen molar-refractivity contribution in [3.8, 4) is 0 Å². The van der Waals surface area contributed by atoms with Gasteiger partial charge < -0.3 is 9.78 Å². The van der Waals surface area contributed by atoms with E-state index in [1.54, 1.807) is 12.1 Å². The third-order valence-electron chi connectivity index (χ3n) is 2.53. The van der Waals surface area contributed by atoms with E-state index in [2.05, 4.69) is 4.98 Å². The predicted octanol–water partition coefficient (Wildman–Crippen LogP) is 2.77. The van der Waals surface area contributed by atoms with Gasteiger partial charge in [-0.3, -0.25) is 4.79 Å². The molecular weight excluding hydrogens is 226 g/mol. The number of benzene rings is 1. The fourth-order valence-corrected chi connectivity index (χ4v) is 1.99. The highest BCUT2D eigenvalue weighted by Gasteiger charge is 2.10. The van der Waals surface area contributed by atoms with Gasteiger partial charge >= 0.3 is 0 Å².